The number of carbonyl (C=O) groups excluding carboxylic acids is 2. The molecule has 1 aromatic carbocycles. The zero-order valence-corrected chi connectivity index (χ0v) is 14.6. The smallest absolute Gasteiger partial charge is 0.408 e. The van der Waals surface area contributed by atoms with Gasteiger partial charge in [-0.25, -0.2) is 4.79 Å². The number of alkyl carbamates (subject to hydrolysis) is 1. The van der Waals surface area contributed by atoms with Gasteiger partial charge in [-0.1, -0.05) is 44.2 Å². The molecule has 0 saturated carbocycles. The lowest BCUT2D eigenvalue weighted by Gasteiger charge is -2.22. The molecule has 0 unspecified atom stereocenters. The van der Waals surface area contributed by atoms with E-state index in [-0.39, 0.29) is 25.0 Å². The van der Waals surface area contributed by atoms with E-state index >= 15 is 0 Å². The minimum atomic E-state index is -0.706. The second-order valence-corrected chi connectivity index (χ2v) is 5.57. The molecule has 0 spiro atoms. The van der Waals surface area contributed by atoms with Crippen LogP contribution in [-0.2, 0) is 25.6 Å². The van der Waals surface area contributed by atoms with E-state index in [1.165, 1.54) is 14.2 Å². The Kier molecular flexibility index (Phi) is 8.81. The summed E-state index contributed by atoms with van der Waals surface area (Å²) >= 11 is 0. The molecule has 0 bridgehead atoms. The Morgan fingerprint density at radius 3 is 2.25 bits per heavy atom. The van der Waals surface area contributed by atoms with E-state index in [2.05, 4.69) is 10.6 Å². The summed E-state index contributed by atoms with van der Waals surface area (Å²) < 4.78 is 15.2. The molecule has 134 valence electrons. The van der Waals surface area contributed by atoms with Gasteiger partial charge in [0.15, 0.2) is 6.29 Å². The van der Waals surface area contributed by atoms with Gasteiger partial charge in [-0.15, -0.1) is 0 Å². The Hall–Kier alpha value is -2.12. The summed E-state index contributed by atoms with van der Waals surface area (Å²) in [4.78, 5) is 24.2. The first kappa shape index (κ1) is 19.9. The first-order valence-corrected chi connectivity index (χ1v) is 7.78. The molecule has 0 fully saturated rings. The van der Waals surface area contributed by atoms with Gasteiger partial charge in [-0.2, -0.15) is 0 Å². The molecule has 1 atom stereocenters. The van der Waals surface area contributed by atoms with Crippen molar-refractivity contribution in [3.63, 3.8) is 0 Å². The molecule has 0 heterocycles. The number of hydrogen-bond acceptors (Lipinski definition) is 5. The fourth-order valence-corrected chi connectivity index (χ4v) is 1.98. The van der Waals surface area contributed by atoms with Gasteiger partial charge in [0, 0.05) is 14.2 Å². The topological polar surface area (TPSA) is 85.9 Å². The van der Waals surface area contributed by atoms with Crippen molar-refractivity contribution in [3.05, 3.63) is 35.9 Å². The largest absolute Gasteiger partial charge is 0.445 e. The summed E-state index contributed by atoms with van der Waals surface area (Å²) in [5.74, 6) is -0.418. The first-order chi connectivity index (χ1) is 11.5. The molecule has 0 radical (unpaired) electrons. The fourth-order valence-electron chi connectivity index (χ4n) is 1.98. The van der Waals surface area contributed by atoms with Crippen LogP contribution in [0.2, 0.25) is 0 Å². The minimum Gasteiger partial charge on any atom is -0.445 e. The number of nitrogens with one attached hydrogen (secondary N) is 2. The summed E-state index contributed by atoms with van der Waals surface area (Å²) in [5, 5.41) is 5.28. The van der Waals surface area contributed by atoms with Crippen LogP contribution >= 0.6 is 0 Å². The molecule has 0 aliphatic carbocycles. The van der Waals surface area contributed by atoms with Crippen LogP contribution in [0, 0.1) is 5.92 Å². The molecule has 2 N–H and O–H groups in total. The van der Waals surface area contributed by atoms with Crippen LogP contribution in [0.4, 0.5) is 4.79 Å². The second-order valence-electron chi connectivity index (χ2n) is 5.57. The molecule has 0 aliphatic heterocycles. The normalized spacial score (nSPS) is 12.1. The Labute approximate surface area is 142 Å². The van der Waals surface area contributed by atoms with Gasteiger partial charge in [0.25, 0.3) is 0 Å². The molecule has 24 heavy (non-hydrogen) atoms. The lowest BCUT2D eigenvalue weighted by Crippen LogP contribution is -2.51. The fraction of sp³-hybridized carbons (Fsp3) is 0.529. The van der Waals surface area contributed by atoms with Crippen molar-refractivity contribution in [3.8, 4) is 0 Å². The van der Waals surface area contributed by atoms with Crippen molar-refractivity contribution < 1.29 is 23.8 Å². The molecule has 0 saturated heterocycles. The third-order valence-electron chi connectivity index (χ3n) is 3.40. The summed E-state index contributed by atoms with van der Waals surface area (Å²) in [6.45, 7) is 4.02. The summed E-state index contributed by atoms with van der Waals surface area (Å²) in [6, 6.07) is 8.62. The van der Waals surface area contributed by atoms with Gasteiger partial charge >= 0.3 is 6.09 Å². The highest BCUT2D eigenvalue weighted by Gasteiger charge is 2.25. The van der Waals surface area contributed by atoms with E-state index in [1.54, 1.807) is 0 Å². The molecular formula is C17H26N2O5. The number of amides is 2. The van der Waals surface area contributed by atoms with E-state index in [1.807, 2.05) is 44.2 Å². The van der Waals surface area contributed by atoms with E-state index in [4.69, 9.17) is 14.2 Å². The van der Waals surface area contributed by atoms with Crippen molar-refractivity contribution in [1.82, 2.24) is 10.6 Å². The van der Waals surface area contributed by atoms with Gasteiger partial charge in [0.2, 0.25) is 5.91 Å². The molecule has 7 heteroatoms. The van der Waals surface area contributed by atoms with Gasteiger partial charge in [0.1, 0.15) is 12.6 Å². The average molecular weight is 338 g/mol. The highest BCUT2D eigenvalue weighted by molar-refractivity contribution is 5.85. The summed E-state index contributed by atoms with van der Waals surface area (Å²) in [6.07, 6.45) is -1.17. The molecular weight excluding hydrogens is 312 g/mol. The number of methoxy groups -OCH3 is 2. The van der Waals surface area contributed by atoms with E-state index < -0.39 is 18.4 Å². The molecule has 0 aromatic heterocycles. The zero-order valence-electron chi connectivity index (χ0n) is 14.6. The van der Waals surface area contributed by atoms with Crippen molar-refractivity contribution in [2.45, 2.75) is 32.8 Å². The van der Waals surface area contributed by atoms with Gasteiger partial charge in [0.05, 0.1) is 6.54 Å². The van der Waals surface area contributed by atoms with Crippen molar-refractivity contribution in [2.24, 2.45) is 5.92 Å². The van der Waals surface area contributed by atoms with E-state index in [9.17, 15) is 9.59 Å². The predicted octanol–water partition coefficient (Wildman–Crippen LogP) is 1.67. The summed E-state index contributed by atoms with van der Waals surface area (Å²) in [7, 11) is 2.97. The maximum absolute atomic E-state index is 12.2. The van der Waals surface area contributed by atoms with E-state index in [0.717, 1.165) is 5.56 Å². The van der Waals surface area contributed by atoms with E-state index in [0.29, 0.717) is 0 Å². The molecule has 0 aliphatic rings. The van der Waals surface area contributed by atoms with Crippen LogP contribution in [0.15, 0.2) is 30.3 Å². The summed E-state index contributed by atoms with van der Waals surface area (Å²) in [5.41, 5.74) is 0.876. The highest BCUT2D eigenvalue weighted by atomic mass is 16.7. The number of rotatable bonds is 9. The van der Waals surface area contributed by atoms with Crippen LogP contribution in [0.25, 0.3) is 0 Å². The number of hydrogen-bond donors (Lipinski definition) is 2. The average Bonchev–Trinajstić information content (AvgIpc) is 2.59. The predicted molar refractivity (Wildman–Crippen MR) is 89.2 cm³/mol. The van der Waals surface area contributed by atoms with Crippen LogP contribution in [-0.4, -0.2) is 45.1 Å². The van der Waals surface area contributed by atoms with Gasteiger partial charge in [-0.05, 0) is 11.5 Å². The molecule has 2 amide bonds. The highest BCUT2D eigenvalue weighted by Crippen LogP contribution is 2.05. The molecule has 1 aromatic rings. The monoisotopic (exact) mass is 338 g/mol. The lowest BCUT2D eigenvalue weighted by molar-refractivity contribution is -0.130. The minimum absolute atomic E-state index is 0.0992. The van der Waals surface area contributed by atoms with Crippen LogP contribution in [0.5, 0.6) is 0 Å². The Balaban J connectivity index is 2.49. The molecule has 1 rings (SSSR count). The number of benzene rings is 1. The number of carbonyl (C=O) groups is 2. The van der Waals surface area contributed by atoms with Crippen LogP contribution in [0.1, 0.15) is 19.4 Å². The van der Waals surface area contributed by atoms with Crippen molar-refractivity contribution >= 4 is 12.0 Å². The van der Waals surface area contributed by atoms with Gasteiger partial charge < -0.3 is 24.8 Å². The Morgan fingerprint density at radius 1 is 1.08 bits per heavy atom. The zero-order chi connectivity index (χ0) is 17.9. The first-order valence-electron chi connectivity index (χ1n) is 7.78. The Morgan fingerprint density at radius 2 is 1.71 bits per heavy atom. The lowest BCUT2D eigenvalue weighted by atomic mass is 10.0. The standard InChI is InChI=1S/C17H26N2O5/c1-12(2)15(16(20)18-10-14(22-3)23-4)19-17(21)24-11-13-8-6-5-7-9-13/h5-9,12,14-15H,10-11H2,1-4H3,(H,18,20)(H,19,21)/t15-/m1/s1. The maximum atomic E-state index is 12.2. The SMILES string of the molecule is COC(CNC(=O)[C@H](NC(=O)OCc1ccccc1)C(C)C)OC. The van der Waals surface area contributed by atoms with Crippen molar-refractivity contribution in [2.75, 3.05) is 20.8 Å². The van der Waals surface area contributed by atoms with Crippen LogP contribution < -0.4 is 10.6 Å². The molecule has 7 nitrogen and oxygen atoms in total. The third kappa shape index (κ3) is 6.97. The second kappa shape index (κ2) is 10.6. The van der Waals surface area contributed by atoms with Crippen LogP contribution in [0.3, 0.4) is 0 Å². The van der Waals surface area contributed by atoms with Gasteiger partial charge in [-0.3, -0.25) is 4.79 Å². The maximum Gasteiger partial charge on any atom is 0.408 e. The van der Waals surface area contributed by atoms with Crippen molar-refractivity contribution in [1.29, 1.82) is 0 Å². The third-order valence-corrected chi connectivity index (χ3v) is 3.40. The quantitative estimate of drug-likeness (QED) is 0.669. The number of ether oxygens (including phenoxy) is 3. The Bertz CT molecular complexity index is 503.